The van der Waals surface area contributed by atoms with Crippen molar-refractivity contribution in [2.24, 2.45) is 0 Å². The summed E-state index contributed by atoms with van der Waals surface area (Å²) in [6.45, 7) is 1.71. The van der Waals surface area contributed by atoms with Crippen molar-refractivity contribution in [1.82, 2.24) is 0 Å². The number of carbonyl (C=O) groups is 1. The van der Waals surface area contributed by atoms with Crippen molar-refractivity contribution >= 4 is 17.7 Å². The first-order valence-electron chi connectivity index (χ1n) is 10.1. The van der Waals surface area contributed by atoms with Crippen molar-refractivity contribution < 1.29 is 34.7 Å². The van der Waals surface area contributed by atoms with E-state index in [2.05, 4.69) is 6.92 Å². The SMILES string of the molecule is CCc1ccc(Cc2cc(C(=O)OC)ccc2O[C@H]2S[C@@H](CO)[C@@H](O)[C@H](O)[C@H]2O)cc1. The summed E-state index contributed by atoms with van der Waals surface area (Å²) in [5, 5.41) is 39.3. The van der Waals surface area contributed by atoms with Crippen LogP contribution in [0.2, 0.25) is 0 Å². The highest BCUT2D eigenvalue weighted by molar-refractivity contribution is 8.00. The number of ether oxygens (including phenoxy) is 2. The summed E-state index contributed by atoms with van der Waals surface area (Å²) < 4.78 is 10.8. The van der Waals surface area contributed by atoms with Crippen molar-refractivity contribution in [3.63, 3.8) is 0 Å². The van der Waals surface area contributed by atoms with E-state index in [1.165, 1.54) is 12.7 Å². The molecule has 2 aromatic rings. The normalized spacial score (nSPS) is 25.8. The standard InChI is InChI=1S/C23H28O7S/c1-3-13-4-6-14(7-5-13)10-16-11-15(22(28)29-2)8-9-17(16)30-23-21(27)20(26)19(25)18(12-24)31-23/h4-9,11,18-21,23-27H,3,10,12H2,1-2H3/t18-,19+,20-,21+,23-/m0/s1. The number of rotatable bonds is 7. The molecule has 31 heavy (non-hydrogen) atoms. The number of methoxy groups -OCH3 is 1. The average Bonchev–Trinajstić information content (AvgIpc) is 2.80. The highest BCUT2D eigenvalue weighted by Crippen LogP contribution is 2.36. The Bertz CT molecular complexity index is 884. The molecule has 0 unspecified atom stereocenters. The van der Waals surface area contributed by atoms with Gasteiger partial charge in [-0.2, -0.15) is 0 Å². The zero-order valence-electron chi connectivity index (χ0n) is 17.5. The van der Waals surface area contributed by atoms with Gasteiger partial charge in [-0.3, -0.25) is 0 Å². The molecular formula is C23H28O7S. The number of benzene rings is 2. The van der Waals surface area contributed by atoms with Crippen LogP contribution in [0, 0.1) is 0 Å². The van der Waals surface area contributed by atoms with Gasteiger partial charge in [0, 0.05) is 6.42 Å². The fraction of sp³-hybridized carbons (Fsp3) is 0.435. The number of hydrogen-bond acceptors (Lipinski definition) is 8. The molecule has 0 saturated carbocycles. The molecule has 1 aliphatic heterocycles. The van der Waals surface area contributed by atoms with Gasteiger partial charge in [-0.25, -0.2) is 4.79 Å². The number of aliphatic hydroxyl groups excluding tert-OH is 4. The minimum absolute atomic E-state index is 0.368. The average molecular weight is 449 g/mol. The van der Waals surface area contributed by atoms with E-state index in [-0.39, 0.29) is 6.61 Å². The number of esters is 1. The van der Waals surface area contributed by atoms with E-state index in [0.717, 1.165) is 23.7 Å². The fourth-order valence-corrected chi connectivity index (χ4v) is 4.71. The molecule has 168 valence electrons. The van der Waals surface area contributed by atoms with Crippen molar-refractivity contribution in [3.8, 4) is 5.75 Å². The van der Waals surface area contributed by atoms with Gasteiger partial charge in [0.05, 0.1) is 30.6 Å². The molecule has 1 heterocycles. The minimum atomic E-state index is -1.44. The molecule has 3 rings (SSSR count). The van der Waals surface area contributed by atoms with Crippen LogP contribution in [0.4, 0.5) is 0 Å². The van der Waals surface area contributed by atoms with Gasteiger partial charge in [-0.05, 0) is 41.3 Å². The summed E-state index contributed by atoms with van der Waals surface area (Å²) in [4.78, 5) is 12.0. The summed E-state index contributed by atoms with van der Waals surface area (Å²) in [5.41, 5.74) is 2.41. The Morgan fingerprint density at radius 2 is 1.68 bits per heavy atom. The second-order valence-corrected chi connectivity index (χ2v) is 8.82. The van der Waals surface area contributed by atoms with E-state index in [1.54, 1.807) is 18.2 Å². The van der Waals surface area contributed by atoms with Crippen LogP contribution in [-0.2, 0) is 17.6 Å². The van der Waals surface area contributed by atoms with Crippen LogP contribution in [0.3, 0.4) is 0 Å². The predicted octanol–water partition coefficient (Wildman–Crippen LogP) is 1.52. The summed E-state index contributed by atoms with van der Waals surface area (Å²) in [5.74, 6) is -0.0378. The van der Waals surface area contributed by atoms with Gasteiger partial charge in [0.2, 0.25) is 0 Å². The van der Waals surface area contributed by atoms with Gasteiger partial charge >= 0.3 is 5.97 Å². The number of hydrogen-bond donors (Lipinski definition) is 4. The van der Waals surface area contributed by atoms with E-state index < -0.39 is 35.0 Å². The maximum atomic E-state index is 12.0. The van der Waals surface area contributed by atoms with Crippen LogP contribution in [0.25, 0.3) is 0 Å². The van der Waals surface area contributed by atoms with Crippen LogP contribution < -0.4 is 4.74 Å². The molecule has 7 nitrogen and oxygen atoms in total. The third-order valence-corrected chi connectivity index (χ3v) is 6.82. The quantitative estimate of drug-likeness (QED) is 0.471. The maximum absolute atomic E-state index is 12.0. The first-order chi connectivity index (χ1) is 14.9. The molecule has 1 aliphatic rings. The van der Waals surface area contributed by atoms with E-state index in [0.29, 0.717) is 23.3 Å². The molecular weight excluding hydrogens is 420 g/mol. The largest absolute Gasteiger partial charge is 0.477 e. The van der Waals surface area contributed by atoms with Crippen molar-refractivity contribution in [2.45, 2.75) is 48.8 Å². The molecule has 8 heteroatoms. The van der Waals surface area contributed by atoms with E-state index in [4.69, 9.17) is 9.47 Å². The van der Waals surface area contributed by atoms with E-state index in [9.17, 15) is 25.2 Å². The second-order valence-electron chi connectivity index (χ2n) is 7.48. The highest BCUT2D eigenvalue weighted by Gasteiger charge is 2.44. The Morgan fingerprint density at radius 1 is 1.00 bits per heavy atom. The third kappa shape index (κ3) is 5.39. The lowest BCUT2D eigenvalue weighted by molar-refractivity contribution is -0.0910. The number of thioether (sulfide) groups is 1. The highest BCUT2D eigenvalue weighted by atomic mass is 32.2. The van der Waals surface area contributed by atoms with E-state index in [1.807, 2.05) is 24.3 Å². The Morgan fingerprint density at radius 3 is 2.29 bits per heavy atom. The predicted molar refractivity (Wildman–Crippen MR) is 117 cm³/mol. The lowest BCUT2D eigenvalue weighted by Gasteiger charge is -2.39. The summed E-state index contributed by atoms with van der Waals surface area (Å²) in [6.07, 6.45) is -2.64. The van der Waals surface area contributed by atoms with Crippen LogP contribution >= 0.6 is 11.8 Å². The lowest BCUT2D eigenvalue weighted by atomic mass is 10.00. The number of carbonyl (C=O) groups excluding carboxylic acids is 1. The molecule has 1 saturated heterocycles. The Kier molecular flexibility index (Phi) is 7.96. The van der Waals surface area contributed by atoms with Crippen molar-refractivity contribution in [2.75, 3.05) is 13.7 Å². The molecule has 4 N–H and O–H groups in total. The molecule has 0 aromatic heterocycles. The smallest absolute Gasteiger partial charge is 0.337 e. The zero-order chi connectivity index (χ0) is 22.5. The van der Waals surface area contributed by atoms with Crippen LogP contribution in [0.15, 0.2) is 42.5 Å². The lowest BCUT2D eigenvalue weighted by Crippen LogP contribution is -2.55. The monoisotopic (exact) mass is 448 g/mol. The summed E-state index contributed by atoms with van der Waals surface area (Å²) >= 11 is 1.06. The number of aryl methyl sites for hydroxylation is 1. The topological polar surface area (TPSA) is 116 Å². The molecule has 0 amide bonds. The maximum Gasteiger partial charge on any atom is 0.337 e. The van der Waals surface area contributed by atoms with Gasteiger partial charge in [0.25, 0.3) is 0 Å². The molecule has 1 fully saturated rings. The minimum Gasteiger partial charge on any atom is -0.477 e. The third-order valence-electron chi connectivity index (χ3n) is 5.40. The molecule has 0 bridgehead atoms. The van der Waals surface area contributed by atoms with Gasteiger partial charge in [0.15, 0.2) is 5.44 Å². The van der Waals surface area contributed by atoms with Crippen LogP contribution in [0.5, 0.6) is 5.75 Å². The second kappa shape index (κ2) is 10.5. The van der Waals surface area contributed by atoms with Crippen molar-refractivity contribution in [1.29, 1.82) is 0 Å². The van der Waals surface area contributed by atoms with Gasteiger partial charge in [0.1, 0.15) is 18.0 Å². The fourth-order valence-electron chi connectivity index (χ4n) is 3.48. The van der Waals surface area contributed by atoms with E-state index >= 15 is 0 Å². The summed E-state index contributed by atoms with van der Waals surface area (Å²) in [7, 11) is 1.31. The van der Waals surface area contributed by atoms with Gasteiger partial charge < -0.3 is 29.9 Å². The van der Waals surface area contributed by atoms with Gasteiger partial charge in [-0.1, -0.05) is 31.2 Å². The number of aliphatic hydroxyl groups is 4. The van der Waals surface area contributed by atoms with Crippen LogP contribution in [0.1, 0.15) is 34.0 Å². The summed E-state index contributed by atoms with van der Waals surface area (Å²) in [6, 6.07) is 13.0. The zero-order valence-corrected chi connectivity index (χ0v) is 18.3. The van der Waals surface area contributed by atoms with Crippen molar-refractivity contribution in [3.05, 3.63) is 64.7 Å². The Balaban J connectivity index is 1.90. The Hall–Kier alpha value is -2.10. The Labute approximate surface area is 185 Å². The molecule has 0 radical (unpaired) electrons. The molecule has 2 aromatic carbocycles. The first-order valence-corrected chi connectivity index (χ1v) is 11.1. The molecule has 0 aliphatic carbocycles. The van der Waals surface area contributed by atoms with Crippen LogP contribution in [-0.4, -0.2) is 69.1 Å². The molecule has 0 spiro atoms. The first kappa shape index (κ1) is 23.6. The van der Waals surface area contributed by atoms with Gasteiger partial charge in [-0.15, -0.1) is 11.8 Å². The molecule has 5 atom stereocenters.